The number of rotatable bonds is 3. The molecule has 0 aliphatic carbocycles. The molecule has 2 heterocycles. The highest BCUT2D eigenvalue weighted by Gasteiger charge is 2.09. The quantitative estimate of drug-likeness (QED) is 0.433. The normalized spacial score (nSPS) is 11.1. The van der Waals surface area contributed by atoms with Gasteiger partial charge in [-0.1, -0.05) is 35.9 Å². The summed E-state index contributed by atoms with van der Waals surface area (Å²) in [6.07, 6.45) is 0. The SMILES string of the molecule is Clc1ccc(-c2csc(Sc3nc4ccccc4s3)n2)cc1. The lowest BCUT2D eigenvalue weighted by Crippen LogP contribution is -1.77. The van der Waals surface area contributed by atoms with Gasteiger partial charge in [0.2, 0.25) is 0 Å². The minimum absolute atomic E-state index is 0.739. The first-order valence-electron chi connectivity index (χ1n) is 6.53. The summed E-state index contributed by atoms with van der Waals surface area (Å²) in [5, 5.41) is 2.81. The summed E-state index contributed by atoms with van der Waals surface area (Å²) < 4.78 is 3.24. The van der Waals surface area contributed by atoms with Gasteiger partial charge in [-0.3, -0.25) is 0 Å². The first-order valence-corrected chi connectivity index (χ1v) is 9.42. The van der Waals surface area contributed by atoms with E-state index >= 15 is 0 Å². The lowest BCUT2D eigenvalue weighted by Gasteiger charge is -1.96. The Balaban J connectivity index is 1.60. The van der Waals surface area contributed by atoms with E-state index in [2.05, 4.69) is 21.4 Å². The van der Waals surface area contributed by atoms with E-state index in [1.165, 1.54) is 4.70 Å². The van der Waals surface area contributed by atoms with Crippen LogP contribution in [0.5, 0.6) is 0 Å². The Morgan fingerprint density at radius 1 is 0.909 bits per heavy atom. The molecule has 2 aromatic heterocycles. The molecule has 108 valence electrons. The fourth-order valence-electron chi connectivity index (χ4n) is 2.03. The molecular formula is C16H9ClN2S3. The van der Waals surface area contributed by atoms with E-state index < -0.39 is 0 Å². The van der Waals surface area contributed by atoms with Gasteiger partial charge in [-0.2, -0.15) is 0 Å². The van der Waals surface area contributed by atoms with Crippen molar-refractivity contribution in [2.75, 3.05) is 0 Å². The number of aromatic nitrogens is 2. The lowest BCUT2D eigenvalue weighted by molar-refractivity contribution is 1.23. The minimum atomic E-state index is 0.739. The zero-order valence-corrected chi connectivity index (χ0v) is 14.4. The number of fused-ring (bicyclic) bond motifs is 1. The third kappa shape index (κ3) is 2.90. The number of para-hydroxylation sites is 1. The van der Waals surface area contributed by atoms with E-state index in [1.807, 2.05) is 42.5 Å². The zero-order chi connectivity index (χ0) is 14.9. The lowest BCUT2D eigenvalue weighted by atomic mass is 10.2. The highest BCUT2D eigenvalue weighted by molar-refractivity contribution is 8.02. The van der Waals surface area contributed by atoms with E-state index in [9.17, 15) is 0 Å². The number of thiazole rings is 2. The Morgan fingerprint density at radius 2 is 1.73 bits per heavy atom. The van der Waals surface area contributed by atoms with E-state index in [4.69, 9.17) is 11.6 Å². The predicted molar refractivity (Wildman–Crippen MR) is 96.3 cm³/mol. The Bertz CT molecular complexity index is 895. The van der Waals surface area contributed by atoms with Crippen LogP contribution in [0.15, 0.2) is 62.6 Å². The van der Waals surface area contributed by atoms with Crippen LogP contribution >= 0.6 is 46.0 Å². The average molecular weight is 361 g/mol. The van der Waals surface area contributed by atoms with Gasteiger partial charge in [0, 0.05) is 16.0 Å². The summed E-state index contributed by atoms with van der Waals surface area (Å²) in [7, 11) is 0. The maximum absolute atomic E-state index is 5.92. The molecule has 4 rings (SSSR count). The second-order valence-electron chi connectivity index (χ2n) is 4.56. The van der Waals surface area contributed by atoms with Crippen molar-refractivity contribution in [3.05, 3.63) is 58.9 Å². The third-order valence-electron chi connectivity index (χ3n) is 3.07. The number of hydrogen-bond donors (Lipinski definition) is 0. The van der Waals surface area contributed by atoms with Crippen LogP contribution < -0.4 is 0 Å². The molecule has 2 aromatic carbocycles. The Labute approximate surface area is 144 Å². The molecule has 0 atom stereocenters. The molecule has 0 unspecified atom stereocenters. The fraction of sp³-hybridized carbons (Fsp3) is 0. The summed E-state index contributed by atoms with van der Waals surface area (Å²) in [6, 6.07) is 15.9. The predicted octanol–water partition coefficient (Wildman–Crippen LogP) is 6.22. The summed E-state index contributed by atoms with van der Waals surface area (Å²) in [5.74, 6) is 0. The topological polar surface area (TPSA) is 25.8 Å². The van der Waals surface area contributed by atoms with Crippen LogP contribution in [0.1, 0.15) is 0 Å². The highest BCUT2D eigenvalue weighted by atomic mass is 35.5. The maximum atomic E-state index is 5.92. The largest absolute Gasteiger partial charge is 0.229 e. The number of halogens is 1. The molecule has 0 bridgehead atoms. The van der Waals surface area contributed by atoms with Crippen LogP contribution in [0.25, 0.3) is 21.5 Å². The van der Waals surface area contributed by atoms with Gasteiger partial charge in [-0.25, -0.2) is 9.97 Å². The highest BCUT2D eigenvalue weighted by Crippen LogP contribution is 2.37. The van der Waals surface area contributed by atoms with E-state index in [-0.39, 0.29) is 0 Å². The van der Waals surface area contributed by atoms with Gasteiger partial charge in [0.05, 0.1) is 15.9 Å². The van der Waals surface area contributed by atoms with Gasteiger partial charge in [-0.05, 0) is 36.0 Å². The monoisotopic (exact) mass is 360 g/mol. The first-order chi connectivity index (χ1) is 10.8. The van der Waals surface area contributed by atoms with Crippen LogP contribution in [0, 0.1) is 0 Å². The Kier molecular flexibility index (Phi) is 3.88. The summed E-state index contributed by atoms with van der Waals surface area (Å²) in [4.78, 5) is 9.31. The summed E-state index contributed by atoms with van der Waals surface area (Å²) in [5.41, 5.74) is 3.10. The Hall–Kier alpha value is -1.40. The van der Waals surface area contributed by atoms with Crippen molar-refractivity contribution in [2.24, 2.45) is 0 Å². The zero-order valence-electron chi connectivity index (χ0n) is 11.2. The number of hydrogen-bond acceptors (Lipinski definition) is 5. The van der Waals surface area contributed by atoms with Crippen molar-refractivity contribution in [1.82, 2.24) is 9.97 Å². The smallest absolute Gasteiger partial charge is 0.158 e. The van der Waals surface area contributed by atoms with Crippen molar-refractivity contribution < 1.29 is 0 Å². The molecule has 6 heteroatoms. The fourth-order valence-corrected chi connectivity index (χ4v) is 5.24. The van der Waals surface area contributed by atoms with Crippen LogP contribution in [-0.2, 0) is 0 Å². The average Bonchev–Trinajstić information content (AvgIpc) is 3.14. The number of benzene rings is 2. The molecule has 0 saturated heterocycles. The second kappa shape index (κ2) is 6.01. The van der Waals surface area contributed by atoms with Crippen LogP contribution in [-0.4, -0.2) is 9.97 Å². The molecule has 0 spiro atoms. The van der Waals surface area contributed by atoms with Gasteiger partial charge in [0.15, 0.2) is 8.68 Å². The maximum Gasteiger partial charge on any atom is 0.158 e. The summed E-state index contributed by atoms with van der Waals surface area (Å²) in [6.45, 7) is 0. The molecule has 0 aliphatic rings. The van der Waals surface area contributed by atoms with Crippen LogP contribution in [0.3, 0.4) is 0 Å². The molecule has 0 aliphatic heterocycles. The molecule has 0 N–H and O–H groups in total. The minimum Gasteiger partial charge on any atom is -0.229 e. The standard InChI is InChI=1S/C16H9ClN2S3/c17-11-7-5-10(6-8-11)13-9-20-15(19-13)22-16-18-12-3-1-2-4-14(12)21-16/h1-9H. The summed E-state index contributed by atoms with van der Waals surface area (Å²) >= 11 is 10.9. The van der Waals surface area contributed by atoms with Gasteiger partial charge < -0.3 is 0 Å². The van der Waals surface area contributed by atoms with Crippen LogP contribution in [0.2, 0.25) is 5.02 Å². The van der Waals surface area contributed by atoms with Gasteiger partial charge in [0.1, 0.15) is 0 Å². The van der Waals surface area contributed by atoms with Crippen molar-refractivity contribution in [3.8, 4) is 11.3 Å². The molecular weight excluding hydrogens is 352 g/mol. The van der Waals surface area contributed by atoms with Crippen molar-refractivity contribution in [2.45, 2.75) is 8.68 Å². The van der Waals surface area contributed by atoms with Crippen LogP contribution in [0.4, 0.5) is 0 Å². The van der Waals surface area contributed by atoms with E-state index in [0.29, 0.717) is 0 Å². The molecule has 0 saturated carbocycles. The number of nitrogens with zero attached hydrogens (tertiary/aromatic N) is 2. The Morgan fingerprint density at radius 3 is 2.55 bits per heavy atom. The molecule has 4 aromatic rings. The molecule has 2 nitrogen and oxygen atoms in total. The second-order valence-corrected chi connectivity index (χ2v) is 8.37. The molecule has 0 amide bonds. The van der Waals surface area contributed by atoms with Crippen molar-refractivity contribution in [3.63, 3.8) is 0 Å². The molecule has 0 radical (unpaired) electrons. The first kappa shape index (κ1) is 14.2. The van der Waals surface area contributed by atoms with Gasteiger partial charge >= 0.3 is 0 Å². The van der Waals surface area contributed by atoms with Gasteiger partial charge in [0.25, 0.3) is 0 Å². The van der Waals surface area contributed by atoms with E-state index in [1.54, 1.807) is 34.4 Å². The van der Waals surface area contributed by atoms with Crippen molar-refractivity contribution in [1.29, 1.82) is 0 Å². The van der Waals surface area contributed by atoms with E-state index in [0.717, 1.165) is 30.5 Å². The molecule has 22 heavy (non-hydrogen) atoms. The third-order valence-corrected chi connectivity index (χ3v) is 6.36. The molecule has 0 fully saturated rings. The van der Waals surface area contributed by atoms with Gasteiger partial charge in [-0.15, -0.1) is 22.7 Å². The van der Waals surface area contributed by atoms with Crippen molar-refractivity contribution >= 4 is 56.3 Å².